The van der Waals surface area contributed by atoms with Crippen LogP contribution >= 0.6 is 11.6 Å². The summed E-state index contributed by atoms with van der Waals surface area (Å²) in [5.41, 5.74) is 1.88. The quantitative estimate of drug-likeness (QED) is 0.528. The number of benzene rings is 1. The molecule has 0 aliphatic heterocycles. The molecule has 3 aromatic rings. The van der Waals surface area contributed by atoms with Crippen molar-refractivity contribution >= 4 is 23.2 Å². The molecule has 0 saturated heterocycles. The molecule has 2 aliphatic carbocycles. The Morgan fingerprint density at radius 3 is 2.53 bits per heavy atom. The minimum absolute atomic E-state index is 0. The van der Waals surface area contributed by atoms with Gasteiger partial charge in [0.25, 0.3) is 11.5 Å². The molecule has 2 aliphatic rings. The first-order valence-electron chi connectivity index (χ1n) is 13.0. The first kappa shape index (κ1) is 20.5. The van der Waals surface area contributed by atoms with Crippen molar-refractivity contribution in [3.05, 3.63) is 56.2 Å². The molecule has 2 heterocycles. The van der Waals surface area contributed by atoms with E-state index < -0.39 is 18.4 Å². The van der Waals surface area contributed by atoms with Gasteiger partial charge >= 0.3 is 0 Å². The first-order chi connectivity index (χ1) is 17.1. The normalized spacial score (nSPS) is 18.0. The Morgan fingerprint density at radius 2 is 1.88 bits per heavy atom. The Morgan fingerprint density at radius 1 is 1.15 bits per heavy atom. The average Bonchev–Trinajstić information content (AvgIpc) is 3.57. The Kier molecular flexibility index (Phi) is 5.67. The molecule has 1 amide bonds. The summed E-state index contributed by atoms with van der Waals surface area (Å²) in [4.78, 5) is 26.6. The highest BCUT2D eigenvalue weighted by atomic mass is 35.5. The largest absolute Gasteiger partial charge is 0.314 e. The molecule has 0 bridgehead atoms. The molecule has 0 atom stereocenters. The van der Waals surface area contributed by atoms with Gasteiger partial charge in [-0.25, -0.2) is 9.36 Å². The molecule has 2 saturated carbocycles. The van der Waals surface area contributed by atoms with Crippen LogP contribution in [0.4, 0.5) is 5.69 Å². The fourth-order valence-electron chi connectivity index (χ4n) is 4.73. The zero-order valence-electron chi connectivity index (χ0n) is 21.8. The van der Waals surface area contributed by atoms with Crippen molar-refractivity contribution < 1.29 is 8.91 Å². The second-order valence-electron chi connectivity index (χ2n) is 9.09. The summed E-state index contributed by atoms with van der Waals surface area (Å²) in [5.74, 6) is -0.0824. The monoisotopic (exact) mass is 487 g/mol. The number of carbonyl (C=O) groups is 1. The number of anilines is 1. The van der Waals surface area contributed by atoms with Crippen LogP contribution in [0, 0.1) is 13.8 Å². The molecule has 2 aromatic heterocycles. The zero-order chi connectivity index (χ0) is 25.8. The van der Waals surface area contributed by atoms with Crippen molar-refractivity contribution in [2.24, 2.45) is 6.98 Å². The summed E-state index contributed by atoms with van der Waals surface area (Å²) in [6.07, 6.45) is 6.68. The standard InChI is InChI=1S/C24H29ClN6O2.CH4/c1-14-22(24(33)31(29(14)3)18-7-5-4-6-8-18)26-23(32)21-15(2)30(28-27-21)20-12-11-17(13-19(20)25)16-9-10-16;/h11-13,16,18H,4-10H2,1-3H3,(H,26,32);1H4/i3D3;. The molecule has 34 heavy (non-hydrogen) atoms. The van der Waals surface area contributed by atoms with Crippen LogP contribution in [-0.4, -0.2) is 30.3 Å². The Balaban J connectivity index is 0.00000320. The average molecular weight is 488 g/mol. The number of aromatic nitrogens is 5. The number of rotatable bonds is 5. The summed E-state index contributed by atoms with van der Waals surface area (Å²) in [6.45, 7) is 0.667. The highest BCUT2D eigenvalue weighted by Crippen LogP contribution is 2.41. The van der Waals surface area contributed by atoms with E-state index >= 15 is 0 Å². The van der Waals surface area contributed by atoms with Crippen molar-refractivity contribution in [1.29, 1.82) is 0 Å². The van der Waals surface area contributed by atoms with Crippen molar-refractivity contribution in [2.45, 2.75) is 78.2 Å². The van der Waals surface area contributed by atoms with E-state index in [9.17, 15) is 9.59 Å². The number of nitrogens with one attached hydrogen (secondary N) is 1. The third-order valence-electron chi connectivity index (χ3n) is 6.83. The molecular formula is C25H33ClN6O2. The first-order valence-corrected chi connectivity index (χ1v) is 11.8. The molecule has 0 radical (unpaired) electrons. The predicted octanol–water partition coefficient (Wildman–Crippen LogP) is 5.31. The van der Waals surface area contributed by atoms with E-state index in [1.807, 2.05) is 18.2 Å². The highest BCUT2D eigenvalue weighted by molar-refractivity contribution is 6.32. The van der Waals surface area contributed by atoms with Gasteiger partial charge in [0, 0.05) is 11.1 Å². The number of halogens is 1. The lowest BCUT2D eigenvalue weighted by molar-refractivity contribution is 0.102. The fraction of sp³-hybridized carbons (Fsp3) is 0.520. The SMILES string of the molecule is C.[2H]C([2H])([2H])n1c(C)c(NC(=O)c2nnn(-c3ccc(C4CC4)cc3Cl)c2C)c(=O)n1C1CCCCC1. The van der Waals surface area contributed by atoms with Gasteiger partial charge < -0.3 is 5.32 Å². The van der Waals surface area contributed by atoms with Gasteiger partial charge in [0.05, 0.1) is 28.1 Å². The molecule has 182 valence electrons. The van der Waals surface area contributed by atoms with E-state index in [1.165, 1.54) is 21.9 Å². The summed E-state index contributed by atoms with van der Waals surface area (Å²) >= 11 is 6.52. The molecule has 9 heteroatoms. The third-order valence-corrected chi connectivity index (χ3v) is 7.14. The number of hydrogen-bond acceptors (Lipinski definition) is 4. The Labute approximate surface area is 209 Å². The van der Waals surface area contributed by atoms with Crippen molar-refractivity contribution in [2.75, 3.05) is 5.32 Å². The van der Waals surface area contributed by atoms with Gasteiger partial charge in [-0.05, 0) is 63.1 Å². The third kappa shape index (κ3) is 4.19. The Hall–Kier alpha value is -2.87. The van der Waals surface area contributed by atoms with Gasteiger partial charge in [0.15, 0.2) is 5.69 Å². The van der Waals surface area contributed by atoms with Gasteiger partial charge in [-0.1, -0.05) is 49.6 Å². The second kappa shape index (κ2) is 9.41. The second-order valence-corrected chi connectivity index (χ2v) is 9.50. The van der Waals surface area contributed by atoms with E-state index in [0.29, 0.717) is 22.3 Å². The number of nitrogens with zero attached hydrogens (tertiary/aromatic N) is 5. The number of amides is 1. The lowest BCUT2D eigenvalue weighted by Crippen LogP contribution is -2.29. The van der Waals surface area contributed by atoms with Crippen molar-refractivity contribution in [3.63, 3.8) is 0 Å². The van der Waals surface area contributed by atoms with Crippen LogP contribution in [0.15, 0.2) is 23.0 Å². The van der Waals surface area contributed by atoms with Crippen LogP contribution in [0.25, 0.3) is 5.69 Å². The van der Waals surface area contributed by atoms with Crippen LogP contribution in [0.1, 0.15) is 95.9 Å². The maximum absolute atomic E-state index is 13.4. The molecule has 5 rings (SSSR count). The van der Waals surface area contributed by atoms with E-state index in [0.717, 1.165) is 49.6 Å². The van der Waals surface area contributed by atoms with Crippen molar-refractivity contribution in [1.82, 2.24) is 24.4 Å². The van der Waals surface area contributed by atoms with E-state index in [1.54, 1.807) is 6.92 Å². The molecule has 0 spiro atoms. The molecule has 1 N–H and O–H groups in total. The minimum Gasteiger partial charge on any atom is -0.314 e. The topological polar surface area (TPSA) is 86.7 Å². The van der Waals surface area contributed by atoms with Crippen LogP contribution in [0.5, 0.6) is 0 Å². The van der Waals surface area contributed by atoms with Gasteiger partial charge in [-0.15, -0.1) is 5.10 Å². The molecule has 2 fully saturated rings. The van der Waals surface area contributed by atoms with Crippen LogP contribution in [0.2, 0.25) is 5.02 Å². The van der Waals surface area contributed by atoms with Crippen molar-refractivity contribution in [3.8, 4) is 5.69 Å². The summed E-state index contributed by atoms with van der Waals surface area (Å²) in [6, 6.07) is 5.57. The van der Waals surface area contributed by atoms with E-state index in [2.05, 4.69) is 15.6 Å². The predicted molar refractivity (Wildman–Crippen MR) is 134 cm³/mol. The Bertz CT molecular complexity index is 1380. The van der Waals surface area contributed by atoms with Crippen LogP contribution in [-0.2, 0) is 6.98 Å². The summed E-state index contributed by atoms with van der Waals surface area (Å²) in [7, 11) is 0. The van der Waals surface area contributed by atoms with Crippen LogP contribution in [0.3, 0.4) is 0 Å². The zero-order valence-corrected chi connectivity index (χ0v) is 19.5. The lowest BCUT2D eigenvalue weighted by atomic mass is 9.96. The van der Waals surface area contributed by atoms with Gasteiger partial charge in [-0.3, -0.25) is 14.3 Å². The molecular weight excluding hydrogens is 452 g/mol. The van der Waals surface area contributed by atoms with E-state index in [4.69, 9.17) is 15.7 Å². The van der Waals surface area contributed by atoms with E-state index in [-0.39, 0.29) is 30.5 Å². The summed E-state index contributed by atoms with van der Waals surface area (Å²) < 4.78 is 27.9. The minimum atomic E-state index is -2.56. The van der Waals surface area contributed by atoms with Gasteiger partial charge in [0.2, 0.25) is 0 Å². The van der Waals surface area contributed by atoms with Crippen LogP contribution < -0.4 is 10.9 Å². The fourth-order valence-corrected chi connectivity index (χ4v) is 5.00. The smallest absolute Gasteiger partial charge is 0.291 e. The molecule has 0 unspecified atom stereocenters. The molecule has 8 nitrogen and oxygen atoms in total. The summed E-state index contributed by atoms with van der Waals surface area (Å²) in [5, 5.41) is 11.3. The maximum Gasteiger partial charge on any atom is 0.291 e. The lowest BCUT2D eigenvalue weighted by Gasteiger charge is -2.24. The number of hydrogen-bond donors (Lipinski definition) is 1. The molecule has 1 aromatic carbocycles. The van der Waals surface area contributed by atoms with Gasteiger partial charge in [-0.2, -0.15) is 0 Å². The highest BCUT2D eigenvalue weighted by Gasteiger charge is 2.27. The number of carbonyl (C=O) groups excluding carboxylic acids is 1. The maximum atomic E-state index is 13.4. The van der Waals surface area contributed by atoms with Gasteiger partial charge in [0.1, 0.15) is 5.69 Å².